The molecule has 0 aliphatic heterocycles. The van der Waals surface area contributed by atoms with Crippen molar-refractivity contribution in [3.63, 3.8) is 0 Å². The van der Waals surface area contributed by atoms with Gasteiger partial charge in [-0.2, -0.15) is 0 Å². The molecule has 0 spiro atoms. The molecule has 0 fully saturated rings. The smallest absolute Gasteiger partial charge is 0.147 e. The zero-order valence-corrected chi connectivity index (χ0v) is 11.1. The minimum Gasteiger partial charge on any atom is -0.409 e. The first-order valence-electron chi connectivity index (χ1n) is 6.38. The van der Waals surface area contributed by atoms with Crippen LogP contribution >= 0.6 is 0 Å². The highest BCUT2D eigenvalue weighted by Gasteiger charge is 2.15. The average Bonchev–Trinajstić information content (AvgIpc) is 3.01. The molecule has 2 rings (SSSR count). The lowest BCUT2D eigenvalue weighted by Gasteiger charge is -2.16. The molecule has 2 aromatic rings. The Morgan fingerprint density at radius 3 is 2.85 bits per heavy atom. The molecule has 7 heteroatoms. The number of amidine groups is 1. The lowest BCUT2D eigenvalue weighted by atomic mass is 9.98. The molecule has 4 N–H and O–H groups in total. The fourth-order valence-electron chi connectivity index (χ4n) is 1.94. The fraction of sp³-hybridized carbons (Fsp3) is 0.308. The van der Waals surface area contributed by atoms with Crippen LogP contribution in [0.2, 0.25) is 0 Å². The van der Waals surface area contributed by atoms with Gasteiger partial charge in [-0.25, -0.2) is 0 Å². The first-order valence-corrected chi connectivity index (χ1v) is 6.38. The van der Waals surface area contributed by atoms with E-state index >= 15 is 0 Å². The summed E-state index contributed by atoms with van der Waals surface area (Å²) in [5.74, 6) is 0.0430. The summed E-state index contributed by atoms with van der Waals surface area (Å²) in [4.78, 5) is 0. The number of rotatable bonds is 7. The van der Waals surface area contributed by atoms with Crippen LogP contribution in [0.25, 0.3) is 0 Å². The second-order valence-electron chi connectivity index (χ2n) is 4.36. The van der Waals surface area contributed by atoms with Crippen molar-refractivity contribution < 1.29 is 5.21 Å². The average molecular weight is 274 g/mol. The molecular formula is C13H18N6O. The number of nitrogens with one attached hydrogen (secondary N) is 1. The highest BCUT2D eigenvalue weighted by atomic mass is 16.4. The quantitative estimate of drug-likeness (QED) is 0.223. The monoisotopic (exact) mass is 274 g/mol. The van der Waals surface area contributed by atoms with Gasteiger partial charge in [0, 0.05) is 19.3 Å². The van der Waals surface area contributed by atoms with Crippen LogP contribution in [0.1, 0.15) is 11.5 Å². The molecule has 1 aromatic heterocycles. The summed E-state index contributed by atoms with van der Waals surface area (Å²) in [6.07, 6.45) is 3.45. The molecule has 0 aliphatic carbocycles. The maximum Gasteiger partial charge on any atom is 0.147 e. The normalized spacial score (nSPS) is 13.3. The zero-order valence-electron chi connectivity index (χ0n) is 11.1. The van der Waals surface area contributed by atoms with Crippen molar-refractivity contribution in [2.24, 2.45) is 10.9 Å². The number of nitrogens with two attached hydrogens (primary N) is 1. The Balaban J connectivity index is 1.89. The summed E-state index contributed by atoms with van der Waals surface area (Å²) in [5, 5.41) is 22.9. The second-order valence-corrected chi connectivity index (χ2v) is 4.36. The maximum absolute atomic E-state index is 8.89. The summed E-state index contributed by atoms with van der Waals surface area (Å²) in [5.41, 5.74) is 6.77. The number of nitrogens with zero attached hydrogens (tertiary/aromatic N) is 4. The number of hydrogen-bond donors (Lipinski definition) is 3. The van der Waals surface area contributed by atoms with Crippen molar-refractivity contribution in [3.8, 4) is 0 Å². The van der Waals surface area contributed by atoms with Gasteiger partial charge in [0.15, 0.2) is 0 Å². The Bertz CT molecular complexity index is 525. The van der Waals surface area contributed by atoms with E-state index in [1.807, 2.05) is 30.3 Å². The summed E-state index contributed by atoms with van der Waals surface area (Å²) in [7, 11) is 0. The van der Waals surface area contributed by atoms with Gasteiger partial charge >= 0.3 is 0 Å². The van der Waals surface area contributed by atoms with Gasteiger partial charge in [-0.15, -0.1) is 5.10 Å². The van der Waals surface area contributed by atoms with Gasteiger partial charge in [0.05, 0.1) is 18.7 Å². The first-order chi connectivity index (χ1) is 9.81. The molecular weight excluding hydrogens is 256 g/mol. The van der Waals surface area contributed by atoms with Crippen molar-refractivity contribution in [2.45, 2.75) is 12.5 Å². The molecule has 0 aliphatic rings. The third kappa shape index (κ3) is 3.79. The van der Waals surface area contributed by atoms with Gasteiger partial charge in [0.25, 0.3) is 0 Å². The largest absolute Gasteiger partial charge is 0.409 e. The van der Waals surface area contributed by atoms with Gasteiger partial charge in [-0.05, 0) is 5.56 Å². The van der Waals surface area contributed by atoms with Crippen LogP contribution in [-0.4, -0.2) is 39.1 Å². The molecule has 20 heavy (non-hydrogen) atoms. The van der Waals surface area contributed by atoms with E-state index in [0.29, 0.717) is 6.54 Å². The van der Waals surface area contributed by atoms with Gasteiger partial charge in [-0.1, -0.05) is 40.7 Å². The molecule has 1 atom stereocenters. The molecule has 1 aromatic carbocycles. The van der Waals surface area contributed by atoms with Crippen LogP contribution in [0.3, 0.4) is 0 Å². The molecule has 0 saturated carbocycles. The van der Waals surface area contributed by atoms with E-state index in [9.17, 15) is 0 Å². The topological polar surface area (TPSA) is 101 Å². The van der Waals surface area contributed by atoms with Gasteiger partial charge in [0.2, 0.25) is 0 Å². The number of oxime groups is 1. The zero-order chi connectivity index (χ0) is 14.2. The molecule has 0 radical (unpaired) electrons. The van der Waals surface area contributed by atoms with Crippen LogP contribution in [0.4, 0.5) is 0 Å². The van der Waals surface area contributed by atoms with Crippen molar-refractivity contribution in [1.82, 2.24) is 20.3 Å². The minimum atomic E-state index is -0.156. The summed E-state index contributed by atoms with van der Waals surface area (Å²) in [6, 6.07) is 9.72. The van der Waals surface area contributed by atoms with Gasteiger partial charge in [-0.3, -0.25) is 4.68 Å². The SMILES string of the molecule is N/C(=N/O)C(CNCCn1ccnn1)c1ccccc1. The van der Waals surface area contributed by atoms with E-state index in [1.54, 1.807) is 17.1 Å². The first kappa shape index (κ1) is 14.0. The highest BCUT2D eigenvalue weighted by Crippen LogP contribution is 2.14. The van der Waals surface area contributed by atoms with Gasteiger partial charge < -0.3 is 16.3 Å². The van der Waals surface area contributed by atoms with Crippen LogP contribution in [0.15, 0.2) is 47.9 Å². The molecule has 106 valence electrons. The van der Waals surface area contributed by atoms with E-state index in [2.05, 4.69) is 20.8 Å². The Morgan fingerprint density at radius 2 is 2.20 bits per heavy atom. The maximum atomic E-state index is 8.89. The summed E-state index contributed by atoms with van der Waals surface area (Å²) in [6.45, 7) is 2.04. The lowest BCUT2D eigenvalue weighted by Crippen LogP contribution is -2.33. The number of hydrogen-bond acceptors (Lipinski definition) is 5. The highest BCUT2D eigenvalue weighted by molar-refractivity contribution is 5.87. The Hall–Kier alpha value is -2.41. The molecule has 0 amide bonds. The summed E-state index contributed by atoms with van der Waals surface area (Å²) >= 11 is 0. The van der Waals surface area contributed by atoms with E-state index in [4.69, 9.17) is 10.9 Å². The molecule has 0 saturated heterocycles. The van der Waals surface area contributed by atoms with Crippen LogP contribution in [-0.2, 0) is 6.54 Å². The number of aromatic nitrogens is 3. The Kier molecular flexibility index (Phi) is 5.08. The van der Waals surface area contributed by atoms with Crippen LogP contribution in [0.5, 0.6) is 0 Å². The van der Waals surface area contributed by atoms with E-state index in [1.165, 1.54) is 0 Å². The van der Waals surface area contributed by atoms with E-state index in [-0.39, 0.29) is 11.8 Å². The van der Waals surface area contributed by atoms with E-state index < -0.39 is 0 Å². The molecule has 1 heterocycles. The molecule has 1 unspecified atom stereocenters. The molecule has 7 nitrogen and oxygen atoms in total. The van der Waals surface area contributed by atoms with Crippen molar-refractivity contribution in [1.29, 1.82) is 0 Å². The van der Waals surface area contributed by atoms with Crippen molar-refractivity contribution in [2.75, 3.05) is 13.1 Å². The van der Waals surface area contributed by atoms with Crippen LogP contribution in [0, 0.1) is 0 Å². The third-order valence-corrected chi connectivity index (χ3v) is 3.01. The predicted octanol–water partition coefficient (Wildman–Crippen LogP) is 0.398. The van der Waals surface area contributed by atoms with E-state index in [0.717, 1.165) is 18.7 Å². The van der Waals surface area contributed by atoms with Crippen molar-refractivity contribution >= 4 is 5.84 Å². The Labute approximate surface area is 117 Å². The number of benzene rings is 1. The Morgan fingerprint density at radius 1 is 1.40 bits per heavy atom. The predicted molar refractivity (Wildman–Crippen MR) is 75.5 cm³/mol. The second kappa shape index (κ2) is 7.25. The molecule has 0 bridgehead atoms. The fourth-order valence-corrected chi connectivity index (χ4v) is 1.94. The minimum absolute atomic E-state index is 0.156. The van der Waals surface area contributed by atoms with Gasteiger partial charge in [0.1, 0.15) is 5.84 Å². The van der Waals surface area contributed by atoms with Crippen molar-refractivity contribution in [3.05, 3.63) is 48.3 Å². The lowest BCUT2D eigenvalue weighted by molar-refractivity contribution is 0.315. The third-order valence-electron chi connectivity index (χ3n) is 3.01. The van der Waals surface area contributed by atoms with Crippen LogP contribution < -0.4 is 11.1 Å². The standard InChI is InChI=1S/C13H18N6O/c14-13(17-20)12(11-4-2-1-3-5-11)10-15-6-8-19-9-7-16-18-19/h1-5,7,9,12,15,20H,6,8,10H2,(H2,14,17). The summed E-state index contributed by atoms with van der Waals surface area (Å²) < 4.78 is 1.74.